The number of hydrogen-bond acceptors (Lipinski definition) is 6. The van der Waals surface area contributed by atoms with Gasteiger partial charge in [-0.2, -0.15) is 4.98 Å². The van der Waals surface area contributed by atoms with E-state index in [1.165, 1.54) is 0 Å². The lowest BCUT2D eigenvalue weighted by molar-refractivity contribution is 0.865. The van der Waals surface area contributed by atoms with Crippen molar-refractivity contribution in [2.45, 2.75) is 20.4 Å². The third-order valence-electron chi connectivity index (χ3n) is 2.49. The van der Waals surface area contributed by atoms with Gasteiger partial charge in [0.2, 0.25) is 5.95 Å². The van der Waals surface area contributed by atoms with Crippen molar-refractivity contribution in [3.63, 3.8) is 0 Å². The molecule has 0 atom stereocenters. The molecule has 0 bridgehead atoms. The van der Waals surface area contributed by atoms with Crippen molar-refractivity contribution in [3.05, 3.63) is 27.3 Å². The normalized spacial score (nSPS) is 10.5. The van der Waals surface area contributed by atoms with Crippen molar-refractivity contribution in [1.29, 1.82) is 0 Å². The monoisotopic (exact) mass is 297 g/mol. The molecule has 0 aliphatic rings. The lowest BCUT2D eigenvalue weighted by atomic mass is 10.4. The minimum atomic E-state index is 0.538. The molecule has 0 unspecified atom stereocenters. The third kappa shape index (κ3) is 3.54. The molecule has 0 aromatic carbocycles. The molecule has 2 heterocycles. The van der Waals surface area contributed by atoms with E-state index in [1.807, 2.05) is 31.2 Å². The van der Waals surface area contributed by atoms with Crippen molar-refractivity contribution in [2.24, 2.45) is 0 Å². The Balaban J connectivity index is 2.17. The summed E-state index contributed by atoms with van der Waals surface area (Å²) in [6.45, 7) is 5.44. The second-order valence-electron chi connectivity index (χ2n) is 4.11. The predicted molar refractivity (Wildman–Crippen MR) is 80.2 cm³/mol. The van der Waals surface area contributed by atoms with Crippen LogP contribution >= 0.6 is 22.9 Å². The molecule has 0 saturated heterocycles. The summed E-state index contributed by atoms with van der Waals surface area (Å²) < 4.78 is 0. The van der Waals surface area contributed by atoms with E-state index in [0.717, 1.165) is 17.2 Å². The highest BCUT2D eigenvalue weighted by Crippen LogP contribution is 2.24. The molecule has 0 amide bonds. The van der Waals surface area contributed by atoms with Gasteiger partial charge in [-0.15, -0.1) is 11.3 Å². The average molecular weight is 298 g/mol. The number of thiazole rings is 1. The molecule has 5 nitrogen and oxygen atoms in total. The molecule has 2 aromatic heterocycles. The summed E-state index contributed by atoms with van der Waals surface area (Å²) >= 11 is 7.79. The zero-order valence-corrected chi connectivity index (χ0v) is 12.7. The summed E-state index contributed by atoms with van der Waals surface area (Å²) in [7, 11) is 1.94. The van der Waals surface area contributed by atoms with Crippen LogP contribution in [0.25, 0.3) is 0 Å². The van der Waals surface area contributed by atoms with Gasteiger partial charge < -0.3 is 10.2 Å². The predicted octanol–water partition coefficient (Wildman–Crippen LogP) is 2.96. The molecule has 0 spiro atoms. The molecule has 2 aromatic rings. The van der Waals surface area contributed by atoms with Crippen LogP contribution in [0.4, 0.5) is 11.8 Å². The molecular formula is C12H16ClN5S. The first-order valence-corrected chi connectivity index (χ1v) is 7.24. The summed E-state index contributed by atoms with van der Waals surface area (Å²) in [5.41, 5.74) is 1.02. The highest BCUT2D eigenvalue weighted by atomic mass is 35.5. The highest BCUT2D eigenvalue weighted by Gasteiger charge is 2.11. The molecule has 0 aliphatic heterocycles. The van der Waals surface area contributed by atoms with E-state index in [9.17, 15) is 0 Å². The van der Waals surface area contributed by atoms with Crippen molar-refractivity contribution in [1.82, 2.24) is 15.0 Å². The Morgan fingerprint density at radius 2 is 2.21 bits per heavy atom. The number of hydrogen-bond donors (Lipinski definition) is 1. The highest BCUT2D eigenvalue weighted by molar-refractivity contribution is 7.09. The fourth-order valence-electron chi connectivity index (χ4n) is 1.67. The fraction of sp³-hybridized carbons (Fsp3) is 0.417. The van der Waals surface area contributed by atoms with Gasteiger partial charge in [0.05, 0.1) is 23.4 Å². The minimum absolute atomic E-state index is 0.538. The average Bonchev–Trinajstić information content (AvgIpc) is 2.77. The summed E-state index contributed by atoms with van der Waals surface area (Å²) in [5, 5.41) is 6.72. The molecule has 0 radical (unpaired) electrons. The van der Waals surface area contributed by atoms with E-state index < -0.39 is 0 Å². The molecule has 2 rings (SSSR count). The van der Waals surface area contributed by atoms with E-state index in [2.05, 4.69) is 20.3 Å². The molecule has 0 aliphatic carbocycles. The summed E-state index contributed by atoms with van der Waals surface area (Å²) in [5.74, 6) is 1.29. The van der Waals surface area contributed by atoms with E-state index >= 15 is 0 Å². The van der Waals surface area contributed by atoms with Crippen molar-refractivity contribution in [2.75, 3.05) is 23.8 Å². The first-order valence-electron chi connectivity index (χ1n) is 5.98. The van der Waals surface area contributed by atoms with Crippen LogP contribution in [0.15, 0.2) is 11.6 Å². The summed E-state index contributed by atoms with van der Waals surface area (Å²) in [6.07, 6.45) is 1.62. The Hall–Kier alpha value is -1.40. The van der Waals surface area contributed by atoms with Crippen molar-refractivity contribution >= 4 is 34.7 Å². The summed E-state index contributed by atoms with van der Waals surface area (Å²) in [6, 6.07) is 0. The number of nitrogens with one attached hydrogen (secondary N) is 1. The minimum Gasteiger partial charge on any atom is -0.354 e. The number of aryl methyl sites for hydroxylation is 1. The van der Waals surface area contributed by atoms with Crippen LogP contribution in [-0.2, 0) is 6.54 Å². The van der Waals surface area contributed by atoms with Gasteiger partial charge in [0, 0.05) is 19.0 Å². The zero-order valence-electron chi connectivity index (χ0n) is 11.1. The molecule has 102 valence electrons. The molecule has 7 heteroatoms. The van der Waals surface area contributed by atoms with E-state index in [0.29, 0.717) is 23.3 Å². The van der Waals surface area contributed by atoms with Crippen molar-refractivity contribution in [3.8, 4) is 0 Å². The van der Waals surface area contributed by atoms with Gasteiger partial charge >= 0.3 is 0 Å². The van der Waals surface area contributed by atoms with Crippen LogP contribution in [0.1, 0.15) is 17.6 Å². The second kappa shape index (κ2) is 6.16. The topological polar surface area (TPSA) is 53.9 Å². The Labute approximate surface area is 121 Å². The van der Waals surface area contributed by atoms with Crippen LogP contribution in [0.3, 0.4) is 0 Å². The quantitative estimate of drug-likeness (QED) is 0.919. The van der Waals surface area contributed by atoms with Crippen LogP contribution < -0.4 is 10.2 Å². The van der Waals surface area contributed by atoms with Gasteiger partial charge in [-0.1, -0.05) is 11.6 Å². The smallest absolute Gasteiger partial charge is 0.224 e. The van der Waals surface area contributed by atoms with Crippen LogP contribution in [0.5, 0.6) is 0 Å². The third-order valence-corrected chi connectivity index (χ3v) is 3.58. The van der Waals surface area contributed by atoms with E-state index in [4.69, 9.17) is 11.6 Å². The van der Waals surface area contributed by atoms with E-state index in [1.54, 1.807) is 17.5 Å². The number of rotatable bonds is 5. The van der Waals surface area contributed by atoms with Crippen LogP contribution in [0, 0.1) is 6.92 Å². The first kappa shape index (κ1) is 14.0. The maximum absolute atomic E-state index is 6.15. The molecular weight excluding hydrogens is 282 g/mol. The molecule has 1 N–H and O–H groups in total. The van der Waals surface area contributed by atoms with Crippen LogP contribution in [-0.4, -0.2) is 28.5 Å². The van der Waals surface area contributed by atoms with E-state index in [-0.39, 0.29) is 0 Å². The van der Waals surface area contributed by atoms with Gasteiger partial charge in [0.15, 0.2) is 5.82 Å². The number of anilines is 2. The van der Waals surface area contributed by atoms with Gasteiger partial charge in [0.25, 0.3) is 0 Å². The van der Waals surface area contributed by atoms with Gasteiger partial charge in [0.1, 0.15) is 5.02 Å². The molecule has 19 heavy (non-hydrogen) atoms. The SMILES string of the molecule is CCNc1ncc(Cl)c(N(C)Cc2csc(C)n2)n1. The standard InChI is InChI=1S/C12H16ClN5S/c1-4-14-12-15-5-10(13)11(17-12)18(3)6-9-7-19-8(2)16-9/h5,7H,4,6H2,1-3H3,(H,14,15,17). The Kier molecular flexibility index (Phi) is 4.55. The largest absolute Gasteiger partial charge is 0.354 e. The van der Waals surface area contributed by atoms with Crippen molar-refractivity contribution < 1.29 is 0 Å². The lowest BCUT2D eigenvalue weighted by Crippen LogP contribution is -2.19. The first-order chi connectivity index (χ1) is 9.10. The fourth-order valence-corrected chi connectivity index (χ4v) is 2.51. The second-order valence-corrected chi connectivity index (χ2v) is 5.58. The Morgan fingerprint density at radius 3 is 2.84 bits per heavy atom. The van der Waals surface area contributed by atoms with Gasteiger partial charge in [-0.3, -0.25) is 0 Å². The number of aromatic nitrogens is 3. The van der Waals surface area contributed by atoms with Gasteiger partial charge in [-0.05, 0) is 13.8 Å². The zero-order chi connectivity index (χ0) is 13.8. The lowest BCUT2D eigenvalue weighted by Gasteiger charge is -2.18. The maximum atomic E-state index is 6.15. The molecule has 0 saturated carbocycles. The maximum Gasteiger partial charge on any atom is 0.224 e. The summed E-state index contributed by atoms with van der Waals surface area (Å²) in [4.78, 5) is 15.0. The Morgan fingerprint density at radius 1 is 1.42 bits per heavy atom. The number of halogens is 1. The van der Waals surface area contributed by atoms with Gasteiger partial charge in [-0.25, -0.2) is 9.97 Å². The number of nitrogens with zero attached hydrogens (tertiary/aromatic N) is 4. The van der Waals surface area contributed by atoms with Crippen LogP contribution in [0.2, 0.25) is 5.02 Å². The molecule has 0 fully saturated rings. The Bertz CT molecular complexity index is 557.